The average Bonchev–Trinajstić information content (AvgIpc) is 2.35. The molecule has 0 aliphatic carbocycles. The van der Waals surface area contributed by atoms with E-state index < -0.39 is 0 Å². The Morgan fingerprint density at radius 2 is 2.28 bits per heavy atom. The summed E-state index contributed by atoms with van der Waals surface area (Å²) in [5.74, 6) is 0.368. The highest BCUT2D eigenvalue weighted by atomic mass is 79.9. The van der Waals surface area contributed by atoms with E-state index in [2.05, 4.69) is 22.9 Å². The number of halogens is 2. The van der Waals surface area contributed by atoms with Crippen LogP contribution in [-0.2, 0) is 0 Å². The van der Waals surface area contributed by atoms with Gasteiger partial charge in [-0.3, -0.25) is 4.79 Å². The number of amides is 1. The van der Waals surface area contributed by atoms with Crippen molar-refractivity contribution in [2.24, 2.45) is 5.92 Å². The predicted octanol–water partition coefficient (Wildman–Crippen LogP) is 3.29. The Hall–Kier alpha value is -0.740. The van der Waals surface area contributed by atoms with Crippen LogP contribution in [0.2, 0.25) is 5.02 Å². The van der Waals surface area contributed by atoms with Gasteiger partial charge in [-0.2, -0.15) is 0 Å². The van der Waals surface area contributed by atoms with Crippen molar-refractivity contribution in [1.82, 2.24) is 4.90 Å². The van der Waals surface area contributed by atoms with Gasteiger partial charge < -0.3 is 10.0 Å². The molecule has 1 aromatic carbocycles. The number of phenolic OH excluding ortho intramolecular Hbond substituents is 1. The lowest BCUT2D eigenvalue weighted by Gasteiger charge is -2.34. The molecule has 1 aromatic rings. The summed E-state index contributed by atoms with van der Waals surface area (Å²) in [7, 11) is 0. The van der Waals surface area contributed by atoms with Crippen LogP contribution < -0.4 is 0 Å². The standard InChI is InChI=1S/C13H15BrClNO2/c1-8-7-16(5-4-11(8)14)13(18)10-6-9(17)2-3-12(10)15/h2-3,6,8,11,17H,4-5,7H2,1H3. The lowest BCUT2D eigenvalue weighted by atomic mass is 9.99. The number of benzene rings is 1. The van der Waals surface area contributed by atoms with Crippen LogP contribution in [0.5, 0.6) is 5.75 Å². The van der Waals surface area contributed by atoms with Crippen LogP contribution in [0.3, 0.4) is 0 Å². The number of rotatable bonds is 1. The topological polar surface area (TPSA) is 40.5 Å². The molecule has 0 spiro atoms. The van der Waals surface area contributed by atoms with E-state index in [9.17, 15) is 9.90 Å². The quantitative estimate of drug-likeness (QED) is 0.802. The first-order chi connectivity index (χ1) is 8.49. The van der Waals surface area contributed by atoms with E-state index in [0.29, 0.717) is 34.4 Å². The Balaban J connectivity index is 2.19. The second-order valence-electron chi connectivity index (χ2n) is 4.70. The lowest BCUT2D eigenvalue weighted by Crippen LogP contribution is -2.43. The molecule has 5 heteroatoms. The second kappa shape index (κ2) is 5.49. The Morgan fingerprint density at radius 3 is 2.94 bits per heavy atom. The zero-order valence-electron chi connectivity index (χ0n) is 10.1. The van der Waals surface area contributed by atoms with Gasteiger partial charge in [-0.05, 0) is 30.5 Å². The van der Waals surface area contributed by atoms with Crippen LogP contribution in [0.4, 0.5) is 0 Å². The first-order valence-electron chi connectivity index (χ1n) is 5.91. The number of hydrogen-bond acceptors (Lipinski definition) is 2. The molecule has 2 unspecified atom stereocenters. The van der Waals surface area contributed by atoms with Crippen molar-refractivity contribution in [3.8, 4) is 5.75 Å². The number of alkyl halides is 1. The second-order valence-corrected chi connectivity index (χ2v) is 6.28. The van der Waals surface area contributed by atoms with Gasteiger partial charge in [-0.1, -0.05) is 34.5 Å². The summed E-state index contributed by atoms with van der Waals surface area (Å²) in [6.45, 7) is 3.54. The molecule has 18 heavy (non-hydrogen) atoms. The third-order valence-electron chi connectivity index (χ3n) is 3.27. The summed E-state index contributed by atoms with van der Waals surface area (Å²) in [5, 5.41) is 9.82. The van der Waals surface area contributed by atoms with Gasteiger partial charge in [0.1, 0.15) is 5.75 Å². The third kappa shape index (κ3) is 2.81. The number of carbonyl (C=O) groups is 1. The van der Waals surface area contributed by atoms with Gasteiger partial charge in [-0.15, -0.1) is 0 Å². The minimum absolute atomic E-state index is 0.0613. The summed E-state index contributed by atoms with van der Waals surface area (Å²) in [6.07, 6.45) is 0.934. The first kappa shape index (κ1) is 13.7. The molecule has 0 saturated carbocycles. The van der Waals surface area contributed by atoms with Gasteiger partial charge in [0.25, 0.3) is 5.91 Å². The molecule has 2 rings (SSSR count). The molecule has 2 atom stereocenters. The van der Waals surface area contributed by atoms with Gasteiger partial charge in [-0.25, -0.2) is 0 Å². The molecule has 1 amide bonds. The zero-order valence-corrected chi connectivity index (χ0v) is 12.4. The van der Waals surface area contributed by atoms with Crippen molar-refractivity contribution in [2.45, 2.75) is 18.2 Å². The molecule has 1 aliphatic heterocycles. The zero-order chi connectivity index (χ0) is 13.3. The highest BCUT2D eigenvalue weighted by Crippen LogP contribution is 2.27. The van der Waals surface area contributed by atoms with Gasteiger partial charge in [0.05, 0.1) is 10.6 Å². The van der Waals surface area contributed by atoms with Crippen LogP contribution in [0.15, 0.2) is 18.2 Å². The Morgan fingerprint density at radius 1 is 1.56 bits per heavy atom. The van der Waals surface area contributed by atoms with Gasteiger partial charge in [0, 0.05) is 17.9 Å². The molecule has 98 valence electrons. The number of piperidine rings is 1. The van der Waals surface area contributed by atoms with Gasteiger partial charge >= 0.3 is 0 Å². The van der Waals surface area contributed by atoms with Crippen molar-refractivity contribution < 1.29 is 9.90 Å². The minimum atomic E-state index is -0.109. The van der Waals surface area contributed by atoms with Crippen molar-refractivity contribution in [3.63, 3.8) is 0 Å². The van der Waals surface area contributed by atoms with Crippen LogP contribution in [0.25, 0.3) is 0 Å². The van der Waals surface area contributed by atoms with E-state index in [4.69, 9.17) is 11.6 Å². The molecule has 1 N–H and O–H groups in total. The summed E-state index contributed by atoms with van der Waals surface area (Å²) in [5.41, 5.74) is 0.372. The molecule has 3 nitrogen and oxygen atoms in total. The molecule has 0 aromatic heterocycles. The molecule has 0 bridgehead atoms. The van der Waals surface area contributed by atoms with E-state index in [1.54, 1.807) is 11.0 Å². The molecule has 1 aliphatic rings. The maximum atomic E-state index is 12.3. The van der Waals surface area contributed by atoms with Crippen molar-refractivity contribution >= 4 is 33.4 Å². The van der Waals surface area contributed by atoms with E-state index in [0.717, 1.165) is 6.42 Å². The fourth-order valence-electron chi connectivity index (χ4n) is 2.15. The summed E-state index contributed by atoms with van der Waals surface area (Å²) < 4.78 is 0. The van der Waals surface area contributed by atoms with Gasteiger partial charge in [0.15, 0.2) is 0 Å². The predicted molar refractivity (Wildman–Crippen MR) is 75.5 cm³/mol. The van der Waals surface area contributed by atoms with Crippen LogP contribution >= 0.6 is 27.5 Å². The Labute approximate surface area is 120 Å². The van der Waals surface area contributed by atoms with Gasteiger partial charge in [0.2, 0.25) is 0 Å². The number of nitrogens with zero attached hydrogens (tertiary/aromatic N) is 1. The molecule has 1 heterocycles. The fraction of sp³-hybridized carbons (Fsp3) is 0.462. The number of carbonyl (C=O) groups excluding carboxylic acids is 1. The van der Waals surface area contributed by atoms with Crippen LogP contribution in [-0.4, -0.2) is 33.8 Å². The van der Waals surface area contributed by atoms with E-state index in [1.165, 1.54) is 12.1 Å². The number of hydrogen-bond donors (Lipinski definition) is 1. The van der Waals surface area contributed by atoms with Crippen molar-refractivity contribution in [1.29, 1.82) is 0 Å². The maximum absolute atomic E-state index is 12.3. The molecular weight excluding hydrogens is 318 g/mol. The van der Waals surface area contributed by atoms with Crippen LogP contribution in [0.1, 0.15) is 23.7 Å². The summed E-state index contributed by atoms with van der Waals surface area (Å²) >= 11 is 9.62. The van der Waals surface area contributed by atoms with E-state index >= 15 is 0 Å². The minimum Gasteiger partial charge on any atom is -0.508 e. The molecule has 1 fully saturated rings. The number of likely N-dealkylation sites (tertiary alicyclic amines) is 1. The Bertz CT molecular complexity index is 466. The average molecular weight is 333 g/mol. The normalized spacial score (nSPS) is 24.1. The van der Waals surface area contributed by atoms with E-state index in [1.807, 2.05) is 0 Å². The SMILES string of the molecule is CC1CN(C(=O)c2cc(O)ccc2Cl)CCC1Br. The largest absolute Gasteiger partial charge is 0.508 e. The van der Waals surface area contributed by atoms with Crippen LogP contribution in [0, 0.1) is 5.92 Å². The molecule has 1 saturated heterocycles. The summed E-state index contributed by atoms with van der Waals surface area (Å²) in [6, 6.07) is 4.45. The number of phenols is 1. The monoisotopic (exact) mass is 331 g/mol. The summed E-state index contributed by atoms with van der Waals surface area (Å²) in [4.78, 5) is 14.6. The fourth-order valence-corrected chi connectivity index (χ4v) is 2.72. The lowest BCUT2D eigenvalue weighted by molar-refractivity contribution is 0.0690. The molecular formula is C13H15BrClNO2. The molecule has 0 radical (unpaired) electrons. The first-order valence-corrected chi connectivity index (χ1v) is 7.20. The third-order valence-corrected chi connectivity index (χ3v) is 4.96. The highest BCUT2D eigenvalue weighted by Gasteiger charge is 2.28. The number of aromatic hydroxyl groups is 1. The smallest absolute Gasteiger partial charge is 0.255 e. The van der Waals surface area contributed by atoms with E-state index in [-0.39, 0.29) is 11.7 Å². The Kier molecular flexibility index (Phi) is 4.17. The maximum Gasteiger partial charge on any atom is 0.255 e. The highest BCUT2D eigenvalue weighted by molar-refractivity contribution is 9.09. The van der Waals surface area contributed by atoms with Crippen molar-refractivity contribution in [2.75, 3.05) is 13.1 Å². The van der Waals surface area contributed by atoms with Crippen molar-refractivity contribution in [3.05, 3.63) is 28.8 Å².